The van der Waals surface area contributed by atoms with E-state index in [-0.39, 0.29) is 5.82 Å². The molecule has 0 aliphatic carbocycles. The second kappa shape index (κ2) is 9.05. The third-order valence-corrected chi connectivity index (χ3v) is 4.41. The zero-order valence-corrected chi connectivity index (χ0v) is 16.8. The third kappa shape index (κ3) is 5.04. The molecule has 2 aromatic carbocycles. The molecule has 1 N–H and O–H groups in total. The zero-order chi connectivity index (χ0) is 24.3. The van der Waals surface area contributed by atoms with Crippen LogP contribution < -0.4 is 0 Å². The van der Waals surface area contributed by atoms with Gasteiger partial charge in [0, 0.05) is 18.0 Å². The number of nitrogens with zero attached hydrogens (tertiary/aromatic N) is 5. The summed E-state index contributed by atoms with van der Waals surface area (Å²) < 4.78 is 14.8. The van der Waals surface area contributed by atoms with E-state index in [2.05, 4.69) is 4.98 Å². The summed E-state index contributed by atoms with van der Waals surface area (Å²) >= 11 is 0. The van der Waals surface area contributed by atoms with Crippen molar-refractivity contribution in [2.24, 2.45) is 0 Å². The van der Waals surface area contributed by atoms with Crippen LogP contribution >= 0.6 is 0 Å². The molecule has 0 aliphatic heterocycles. The fraction of sp³-hybridized carbons (Fsp3) is 0.0500. The van der Waals surface area contributed by atoms with Gasteiger partial charge in [0.05, 0.1) is 32.6 Å². The van der Waals surface area contributed by atoms with E-state index in [0.717, 1.165) is 16.9 Å². The summed E-state index contributed by atoms with van der Waals surface area (Å²) in [6.07, 6.45) is 3.92. The number of aromatic nitrogens is 2. The van der Waals surface area contributed by atoms with Crippen molar-refractivity contribution in [1.29, 1.82) is 0 Å². The van der Waals surface area contributed by atoms with Gasteiger partial charge in [0.1, 0.15) is 11.5 Å². The van der Waals surface area contributed by atoms with E-state index in [1.807, 2.05) is 35.9 Å². The summed E-state index contributed by atoms with van der Waals surface area (Å²) in [6.45, 7) is 2.03. The van der Waals surface area contributed by atoms with Crippen molar-refractivity contribution in [1.82, 2.24) is 9.38 Å². The number of nitro benzene ring substituents is 3. The Kier molecular flexibility index (Phi) is 6.24. The molecule has 0 amide bonds. The minimum Gasteiger partial charge on any atom is -0.497 e. The minimum absolute atomic E-state index is 0.228. The van der Waals surface area contributed by atoms with E-state index in [1.54, 1.807) is 12.1 Å². The van der Waals surface area contributed by atoms with E-state index in [4.69, 9.17) is 5.11 Å². The van der Waals surface area contributed by atoms with Crippen LogP contribution in [0.4, 0.5) is 21.5 Å². The van der Waals surface area contributed by atoms with E-state index >= 15 is 0 Å². The molecular weight excluding hydrogens is 441 g/mol. The number of rotatable bonds is 4. The molecule has 0 aliphatic rings. The predicted molar refractivity (Wildman–Crippen MR) is 113 cm³/mol. The van der Waals surface area contributed by atoms with Crippen molar-refractivity contribution in [3.05, 3.63) is 103 Å². The van der Waals surface area contributed by atoms with Gasteiger partial charge in [-0.15, -0.1) is 0 Å². The van der Waals surface area contributed by atoms with Crippen LogP contribution in [0.5, 0.6) is 5.75 Å². The lowest BCUT2D eigenvalue weighted by Crippen LogP contribution is -1.97. The van der Waals surface area contributed by atoms with Gasteiger partial charge in [0.2, 0.25) is 0 Å². The lowest BCUT2D eigenvalue weighted by molar-refractivity contribution is -0.404. The molecule has 168 valence electrons. The monoisotopic (exact) mass is 455 g/mol. The van der Waals surface area contributed by atoms with Gasteiger partial charge in [0.25, 0.3) is 11.4 Å². The van der Waals surface area contributed by atoms with Gasteiger partial charge < -0.3 is 9.51 Å². The van der Waals surface area contributed by atoms with Crippen LogP contribution in [0.25, 0.3) is 16.9 Å². The Balaban J connectivity index is 0.000000186. The SMILES string of the molecule is Cc1ccn2cc(-c3ccc(F)cc3)nc2c1.O=[N+]([O-])c1cc([N+](=O)[O-])c(O)c([N+](=O)[O-])c1. The number of aromatic hydroxyl groups is 1. The Morgan fingerprint density at radius 3 is 2.00 bits per heavy atom. The largest absolute Gasteiger partial charge is 0.497 e. The third-order valence-electron chi connectivity index (χ3n) is 4.41. The molecule has 0 spiro atoms. The van der Waals surface area contributed by atoms with Crippen LogP contribution in [0.1, 0.15) is 5.56 Å². The molecule has 2 aromatic heterocycles. The van der Waals surface area contributed by atoms with Crippen LogP contribution in [-0.2, 0) is 0 Å². The molecule has 0 radical (unpaired) electrons. The normalized spacial score (nSPS) is 10.4. The highest BCUT2D eigenvalue weighted by Gasteiger charge is 2.30. The molecule has 0 atom stereocenters. The van der Waals surface area contributed by atoms with Gasteiger partial charge in [-0.25, -0.2) is 9.37 Å². The summed E-state index contributed by atoms with van der Waals surface area (Å²) in [5, 5.41) is 40.2. The molecular formula is C20H14FN5O7. The summed E-state index contributed by atoms with van der Waals surface area (Å²) in [5.74, 6) is -1.44. The highest BCUT2D eigenvalue weighted by Crippen LogP contribution is 2.38. The molecule has 33 heavy (non-hydrogen) atoms. The van der Waals surface area contributed by atoms with Gasteiger partial charge in [-0.2, -0.15) is 0 Å². The van der Waals surface area contributed by atoms with Crippen LogP contribution in [0.15, 0.2) is 60.9 Å². The first-order chi connectivity index (χ1) is 15.6. The number of aryl methyl sites for hydroxylation is 1. The first-order valence-electron chi connectivity index (χ1n) is 9.08. The number of benzene rings is 2. The first-order valence-corrected chi connectivity index (χ1v) is 9.08. The highest BCUT2D eigenvalue weighted by molar-refractivity contribution is 5.65. The maximum absolute atomic E-state index is 12.8. The number of pyridine rings is 1. The summed E-state index contributed by atoms with van der Waals surface area (Å²) in [4.78, 5) is 32.3. The van der Waals surface area contributed by atoms with Crippen LogP contribution in [0, 0.1) is 43.1 Å². The fourth-order valence-electron chi connectivity index (χ4n) is 2.82. The maximum Gasteiger partial charge on any atom is 0.324 e. The van der Waals surface area contributed by atoms with Gasteiger partial charge in [-0.1, -0.05) is 0 Å². The Morgan fingerprint density at radius 1 is 0.909 bits per heavy atom. The van der Waals surface area contributed by atoms with Gasteiger partial charge >= 0.3 is 11.4 Å². The van der Waals surface area contributed by atoms with Crippen molar-refractivity contribution in [3.8, 4) is 17.0 Å². The Labute approximate surface area is 183 Å². The number of nitro groups is 3. The van der Waals surface area contributed by atoms with Crippen LogP contribution in [-0.4, -0.2) is 29.3 Å². The summed E-state index contributed by atoms with van der Waals surface area (Å²) in [5.41, 5.74) is 0.861. The van der Waals surface area contributed by atoms with Crippen LogP contribution in [0.2, 0.25) is 0 Å². The number of fused-ring (bicyclic) bond motifs is 1. The standard InChI is InChI=1S/C14H11FN2.C6H3N3O7/c1-10-6-7-17-9-13(16-14(17)8-10)11-2-4-12(15)5-3-11;10-6-4(8(13)14)1-3(7(11)12)2-5(6)9(15)16/h2-9H,1H3;1-2,10H. The molecule has 13 heteroatoms. The van der Waals surface area contributed by atoms with E-state index in [0.29, 0.717) is 12.1 Å². The van der Waals surface area contributed by atoms with Gasteiger partial charge in [0.15, 0.2) is 0 Å². The maximum atomic E-state index is 12.8. The Morgan fingerprint density at radius 2 is 1.48 bits per heavy atom. The molecule has 4 aromatic rings. The number of phenolic OH excluding ortho intramolecular Hbond substituents is 1. The molecule has 0 saturated carbocycles. The number of imidazole rings is 1. The van der Waals surface area contributed by atoms with E-state index < -0.39 is 37.6 Å². The number of hydrogen-bond acceptors (Lipinski definition) is 8. The van der Waals surface area contributed by atoms with Crippen molar-refractivity contribution in [2.45, 2.75) is 6.92 Å². The molecule has 0 fully saturated rings. The average molecular weight is 455 g/mol. The van der Waals surface area contributed by atoms with E-state index in [1.165, 1.54) is 17.7 Å². The molecule has 0 unspecified atom stereocenters. The molecule has 0 bridgehead atoms. The topological polar surface area (TPSA) is 167 Å². The quantitative estimate of drug-likeness (QED) is 0.345. The number of halogens is 1. The second-order valence-electron chi connectivity index (χ2n) is 6.71. The van der Waals surface area contributed by atoms with Crippen molar-refractivity contribution in [2.75, 3.05) is 0 Å². The summed E-state index contributed by atoms with van der Waals surface area (Å²) in [6, 6.07) is 11.3. The second-order valence-corrected chi connectivity index (χ2v) is 6.71. The lowest BCUT2D eigenvalue weighted by atomic mass is 10.2. The average Bonchev–Trinajstić information content (AvgIpc) is 3.17. The molecule has 2 heterocycles. The molecule has 4 rings (SSSR count). The fourth-order valence-corrected chi connectivity index (χ4v) is 2.82. The van der Waals surface area contributed by atoms with Crippen molar-refractivity contribution >= 4 is 22.7 Å². The number of non-ortho nitro benzene ring substituents is 1. The Bertz CT molecular complexity index is 1350. The first kappa shape index (κ1) is 22.7. The van der Waals surface area contributed by atoms with Gasteiger partial charge in [-0.05, 0) is 48.9 Å². The van der Waals surface area contributed by atoms with E-state index in [9.17, 15) is 34.7 Å². The smallest absolute Gasteiger partial charge is 0.324 e. The molecule has 0 saturated heterocycles. The number of hydrogen-bond donors (Lipinski definition) is 1. The van der Waals surface area contributed by atoms with Crippen LogP contribution in [0.3, 0.4) is 0 Å². The Hall–Kier alpha value is -4.94. The minimum atomic E-state index is -1.21. The van der Waals surface area contributed by atoms with Crippen molar-refractivity contribution in [3.63, 3.8) is 0 Å². The number of phenols is 1. The lowest BCUT2D eigenvalue weighted by Gasteiger charge is -1.97. The summed E-state index contributed by atoms with van der Waals surface area (Å²) in [7, 11) is 0. The highest BCUT2D eigenvalue weighted by atomic mass is 19.1. The zero-order valence-electron chi connectivity index (χ0n) is 16.8. The van der Waals surface area contributed by atoms with Crippen molar-refractivity contribution < 1.29 is 24.3 Å². The predicted octanol–water partition coefficient (Wildman–Crippen LogP) is 4.57. The molecule has 12 nitrogen and oxygen atoms in total. The van der Waals surface area contributed by atoms with Gasteiger partial charge in [-0.3, -0.25) is 30.3 Å².